The van der Waals surface area contributed by atoms with Crippen LogP contribution in [0.4, 0.5) is 17.3 Å². The van der Waals surface area contributed by atoms with Gasteiger partial charge in [0.25, 0.3) is 0 Å². The molecule has 0 amide bonds. The monoisotopic (exact) mass is 355 g/mol. The number of aryl methyl sites for hydroxylation is 1. The molecule has 6 nitrogen and oxygen atoms in total. The van der Waals surface area contributed by atoms with Crippen LogP contribution in [0.15, 0.2) is 30.3 Å². The predicted molar refractivity (Wildman–Crippen MR) is 108 cm³/mol. The Labute approximate surface area is 156 Å². The SMILES string of the molecule is COc1ccc(N2CCN(c3cc(NCC(C)C)nc(C)n3)CC2)cc1. The first-order valence-corrected chi connectivity index (χ1v) is 9.28. The summed E-state index contributed by atoms with van der Waals surface area (Å²) < 4.78 is 5.24. The third-order valence-corrected chi connectivity index (χ3v) is 4.56. The molecule has 26 heavy (non-hydrogen) atoms. The zero-order valence-corrected chi connectivity index (χ0v) is 16.2. The number of aromatic nitrogens is 2. The van der Waals surface area contributed by atoms with Crippen molar-refractivity contribution >= 4 is 17.3 Å². The number of anilines is 3. The average Bonchev–Trinajstić information content (AvgIpc) is 2.66. The Bertz CT molecular complexity index is 709. The molecular weight excluding hydrogens is 326 g/mol. The number of ether oxygens (including phenoxy) is 1. The highest BCUT2D eigenvalue weighted by molar-refractivity contribution is 5.53. The molecule has 0 spiro atoms. The van der Waals surface area contributed by atoms with E-state index in [-0.39, 0.29) is 0 Å². The van der Waals surface area contributed by atoms with Crippen molar-refractivity contribution in [3.05, 3.63) is 36.2 Å². The average molecular weight is 355 g/mol. The minimum absolute atomic E-state index is 0.585. The van der Waals surface area contributed by atoms with Crippen molar-refractivity contribution in [1.82, 2.24) is 9.97 Å². The van der Waals surface area contributed by atoms with Gasteiger partial charge in [-0.15, -0.1) is 0 Å². The molecule has 1 aromatic heterocycles. The maximum atomic E-state index is 5.24. The van der Waals surface area contributed by atoms with E-state index in [1.807, 2.05) is 19.1 Å². The zero-order valence-electron chi connectivity index (χ0n) is 16.2. The van der Waals surface area contributed by atoms with Crippen LogP contribution in [0.3, 0.4) is 0 Å². The number of nitrogens with one attached hydrogen (secondary N) is 1. The molecule has 0 unspecified atom stereocenters. The van der Waals surface area contributed by atoms with Crippen LogP contribution >= 0.6 is 0 Å². The first-order chi connectivity index (χ1) is 12.5. The fourth-order valence-electron chi connectivity index (χ4n) is 3.10. The molecule has 1 aliphatic rings. The smallest absolute Gasteiger partial charge is 0.134 e. The van der Waals surface area contributed by atoms with Crippen molar-refractivity contribution in [2.75, 3.05) is 55.0 Å². The third kappa shape index (κ3) is 4.56. The maximum Gasteiger partial charge on any atom is 0.134 e. The number of piperazine rings is 1. The van der Waals surface area contributed by atoms with Gasteiger partial charge in [-0.25, -0.2) is 9.97 Å². The van der Waals surface area contributed by atoms with Crippen LogP contribution in [0.5, 0.6) is 5.75 Å². The molecular formula is C20H29N5O. The van der Waals surface area contributed by atoms with Crippen LogP contribution in [0.2, 0.25) is 0 Å². The summed E-state index contributed by atoms with van der Waals surface area (Å²) in [7, 11) is 1.70. The second-order valence-corrected chi connectivity index (χ2v) is 7.11. The van der Waals surface area contributed by atoms with E-state index in [9.17, 15) is 0 Å². The van der Waals surface area contributed by atoms with Gasteiger partial charge in [0.05, 0.1) is 7.11 Å². The maximum absolute atomic E-state index is 5.24. The zero-order chi connectivity index (χ0) is 18.5. The molecule has 1 N–H and O–H groups in total. The summed E-state index contributed by atoms with van der Waals surface area (Å²) in [5, 5.41) is 3.41. The fraction of sp³-hybridized carbons (Fsp3) is 0.500. The Morgan fingerprint density at radius 1 is 1.04 bits per heavy atom. The van der Waals surface area contributed by atoms with Gasteiger partial charge in [-0.3, -0.25) is 0 Å². The second-order valence-electron chi connectivity index (χ2n) is 7.11. The number of nitrogens with zero attached hydrogens (tertiary/aromatic N) is 4. The third-order valence-electron chi connectivity index (χ3n) is 4.56. The molecule has 0 atom stereocenters. The van der Waals surface area contributed by atoms with E-state index in [1.54, 1.807) is 7.11 Å². The van der Waals surface area contributed by atoms with Crippen LogP contribution in [0.25, 0.3) is 0 Å². The molecule has 0 aliphatic carbocycles. The lowest BCUT2D eigenvalue weighted by Gasteiger charge is -2.37. The first-order valence-electron chi connectivity index (χ1n) is 9.28. The van der Waals surface area contributed by atoms with Gasteiger partial charge < -0.3 is 19.9 Å². The van der Waals surface area contributed by atoms with Crippen molar-refractivity contribution in [1.29, 1.82) is 0 Å². The van der Waals surface area contributed by atoms with Gasteiger partial charge in [0.2, 0.25) is 0 Å². The number of methoxy groups -OCH3 is 1. The second kappa shape index (κ2) is 8.25. The Hall–Kier alpha value is -2.50. The summed E-state index contributed by atoms with van der Waals surface area (Å²) in [5.41, 5.74) is 1.24. The largest absolute Gasteiger partial charge is 0.497 e. The van der Waals surface area contributed by atoms with E-state index in [0.717, 1.165) is 55.9 Å². The van der Waals surface area contributed by atoms with Crippen molar-refractivity contribution in [3.8, 4) is 5.75 Å². The summed E-state index contributed by atoms with van der Waals surface area (Å²) in [6.07, 6.45) is 0. The quantitative estimate of drug-likeness (QED) is 0.859. The van der Waals surface area contributed by atoms with Crippen LogP contribution < -0.4 is 19.9 Å². The fourth-order valence-corrected chi connectivity index (χ4v) is 3.10. The number of rotatable bonds is 6. The van der Waals surface area contributed by atoms with Gasteiger partial charge in [-0.2, -0.15) is 0 Å². The van der Waals surface area contributed by atoms with Crippen molar-refractivity contribution in [2.24, 2.45) is 5.92 Å². The minimum atomic E-state index is 0.585. The normalized spacial score (nSPS) is 14.7. The van der Waals surface area contributed by atoms with E-state index >= 15 is 0 Å². The van der Waals surface area contributed by atoms with Gasteiger partial charge in [0.15, 0.2) is 0 Å². The predicted octanol–water partition coefficient (Wildman–Crippen LogP) is 3.19. The standard InChI is InChI=1S/C20H29N5O/c1-15(2)14-21-19-13-20(23-16(3)22-19)25-11-9-24(10-12-25)17-5-7-18(26-4)8-6-17/h5-8,13,15H,9-12,14H2,1-4H3,(H,21,22,23). The Kier molecular flexibility index (Phi) is 5.81. The van der Waals surface area contributed by atoms with E-state index < -0.39 is 0 Å². The number of hydrogen-bond acceptors (Lipinski definition) is 6. The summed E-state index contributed by atoms with van der Waals surface area (Å²) in [4.78, 5) is 13.9. The number of hydrogen-bond donors (Lipinski definition) is 1. The molecule has 3 rings (SSSR count). The van der Waals surface area contributed by atoms with Gasteiger partial charge in [0, 0.05) is 44.5 Å². The topological polar surface area (TPSA) is 53.5 Å². The van der Waals surface area contributed by atoms with Gasteiger partial charge in [0.1, 0.15) is 23.2 Å². The molecule has 1 aromatic carbocycles. The minimum Gasteiger partial charge on any atom is -0.497 e. The molecule has 6 heteroatoms. The lowest BCUT2D eigenvalue weighted by Crippen LogP contribution is -2.46. The van der Waals surface area contributed by atoms with Crippen molar-refractivity contribution < 1.29 is 4.74 Å². The molecule has 1 aliphatic heterocycles. The van der Waals surface area contributed by atoms with Crippen LogP contribution in [0.1, 0.15) is 19.7 Å². The van der Waals surface area contributed by atoms with Crippen molar-refractivity contribution in [3.63, 3.8) is 0 Å². The summed E-state index contributed by atoms with van der Waals surface area (Å²) in [6.45, 7) is 11.1. The van der Waals surface area contributed by atoms with Crippen LogP contribution in [-0.2, 0) is 0 Å². The Morgan fingerprint density at radius 2 is 1.69 bits per heavy atom. The van der Waals surface area contributed by atoms with E-state index in [4.69, 9.17) is 4.74 Å². The highest BCUT2D eigenvalue weighted by Crippen LogP contribution is 2.23. The first kappa shape index (κ1) is 18.3. The Balaban J connectivity index is 1.63. The van der Waals surface area contributed by atoms with E-state index in [1.165, 1.54) is 5.69 Å². The van der Waals surface area contributed by atoms with Crippen LogP contribution in [0, 0.1) is 12.8 Å². The molecule has 0 bridgehead atoms. The number of benzene rings is 1. The van der Waals surface area contributed by atoms with Crippen LogP contribution in [-0.4, -0.2) is 49.8 Å². The molecule has 2 heterocycles. The summed E-state index contributed by atoms with van der Waals surface area (Å²) in [6, 6.07) is 10.3. The van der Waals surface area contributed by atoms with Crippen molar-refractivity contribution in [2.45, 2.75) is 20.8 Å². The Morgan fingerprint density at radius 3 is 2.31 bits per heavy atom. The molecule has 2 aromatic rings. The molecule has 0 saturated carbocycles. The molecule has 1 fully saturated rings. The summed E-state index contributed by atoms with van der Waals surface area (Å²) in [5.74, 6) is 4.22. The highest BCUT2D eigenvalue weighted by Gasteiger charge is 2.19. The van der Waals surface area contributed by atoms with E-state index in [2.05, 4.69) is 57.1 Å². The molecule has 140 valence electrons. The van der Waals surface area contributed by atoms with Gasteiger partial charge >= 0.3 is 0 Å². The molecule has 0 radical (unpaired) electrons. The lowest BCUT2D eigenvalue weighted by molar-refractivity contribution is 0.415. The molecule has 1 saturated heterocycles. The summed E-state index contributed by atoms with van der Waals surface area (Å²) >= 11 is 0. The van der Waals surface area contributed by atoms with Gasteiger partial charge in [-0.05, 0) is 37.1 Å². The van der Waals surface area contributed by atoms with Gasteiger partial charge in [-0.1, -0.05) is 13.8 Å². The lowest BCUT2D eigenvalue weighted by atomic mass is 10.2. The highest BCUT2D eigenvalue weighted by atomic mass is 16.5. The van der Waals surface area contributed by atoms with E-state index in [0.29, 0.717) is 5.92 Å².